The van der Waals surface area contributed by atoms with Crippen LogP contribution < -0.4 is 0 Å². The van der Waals surface area contributed by atoms with Crippen molar-refractivity contribution in [3.8, 4) is 0 Å². The van der Waals surface area contributed by atoms with Crippen molar-refractivity contribution in [3.63, 3.8) is 0 Å². The van der Waals surface area contributed by atoms with Crippen LogP contribution in [0, 0.1) is 0 Å². The molecule has 0 aliphatic carbocycles. The summed E-state index contributed by atoms with van der Waals surface area (Å²) < 4.78 is 17.1. The Labute approximate surface area is 281 Å². The van der Waals surface area contributed by atoms with Crippen LogP contribution in [0.25, 0.3) is 0 Å². The molecule has 0 amide bonds. The molecule has 0 rings (SSSR count). The van der Waals surface area contributed by atoms with E-state index in [1.54, 1.807) is 0 Å². The molecule has 8 heteroatoms. The predicted molar refractivity (Wildman–Crippen MR) is 188 cm³/mol. The van der Waals surface area contributed by atoms with Crippen LogP contribution in [0.3, 0.4) is 0 Å². The maximum atomic E-state index is 12.6. The molecule has 2 atom stereocenters. The van der Waals surface area contributed by atoms with Gasteiger partial charge in [-0.05, 0) is 57.8 Å². The number of hydrogen-bond acceptors (Lipinski definition) is 6. The van der Waals surface area contributed by atoms with Gasteiger partial charge in [0.15, 0.2) is 12.1 Å². The van der Waals surface area contributed by atoms with Gasteiger partial charge in [-0.1, -0.05) is 95.9 Å². The van der Waals surface area contributed by atoms with Gasteiger partial charge in [0.05, 0.1) is 34.4 Å². The molecule has 2 unspecified atom stereocenters. The summed E-state index contributed by atoms with van der Waals surface area (Å²) in [5.74, 6) is -1.53. The highest BCUT2D eigenvalue weighted by Crippen LogP contribution is 2.12. The first-order valence-electron chi connectivity index (χ1n) is 18.4. The molecule has 0 saturated carbocycles. The van der Waals surface area contributed by atoms with Gasteiger partial charge in [0.25, 0.3) is 0 Å². The number of carbonyl (C=O) groups excluding carboxylic acids is 2. The molecule has 0 aliphatic heterocycles. The van der Waals surface area contributed by atoms with Crippen LogP contribution in [0.4, 0.5) is 0 Å². The van der Waals surface area contributed by atoms with Crippen LogP contribution in [0.2, 0.25) is 0 Å². The summed E-state index contributed by atoms with van der Waals surface area (Å²) in [6.07, 6.45) is 29.4. The number of carbonyl (C=O) groups is 3. The molecular weight excluding hydrogens is 582 g/mol. The summed E-state index contributed by atoms with van der Waals surface area (Å²) >= 11 is 0. The van der Waals surface area contributed by atoms with E-state index in [0.29, 0.717) is 25.7 Å². The largest absolute Gasteiger partial charge is 0.477 e. The number of unbranched alkanes of at least 4 members (excludes halogenated alkanes) is 14. The molecular formula is C38H70NO7+. The van der Waals surface area contributed by atoms with Gasteiger partial charge < -0.3 is 23.8 Å². The number of carboxylic acid groups (broad SMARTS) is 1. The fourth-order valence-electron chi connectivity index (χ4n) is 5.15. The van der Waals surface area contributed by atoms with Crippen molar-refractivity contribution in [1.82, 2.24) is 0 Å². The van der Waals surface area contributed by atoms with Crippen LogP contribution in [-0.4, -0.2) is 80.6 Å². The van der Waals surface area contributed by atoms with E-state index in [0.717, 1.165) is 44.9 Å². The Hall–Kier alpha value is -2.19. The van der Waals surface area contributed by atoms with Gasteiger partial charge in [0, 0.05) is 19.3 Å². The molecule has 0 aliphatic rings. The van der Waals surface area contributed by atoms with E-state index in [9.17, 15) is 19.5 Å². The molecule has 0 spiro atoms. The van der Waals surface area contributed by atoms with Crippen molar-refractivity contribution in [2.24, 2.45) is 0 Å². The summed E-state index contributed by atoms with van der Waals surface area (Å²) in [4.78, 5) is 36.6. The first-order chi connectivity index (χ1) is 22.1. The Balaban J connectivity index is 4.50. The lowest BCUT2D eigenvalue weighted by molar-refractivity contribution is -0.887. The van der Waals surface area contributed by atoms with Gasteiger partial charge in [0.1, 0.15) is 6.61 Å². The number of rotatable bonds is 32. The molecule has 0 fully saturated rings. The molecule has 1 N–H and O–H groups in total. The Kier molecular flexibility index (Phi) is 28.7. The number of aliphatic carboxylic acids is 1. The van der Waals surface area contributed by atoms with Gasteiger partial charge in [-0.25, -0.2) is 4.79 Å². The molecule has 46 heavy (non-hydrogen) atoms. The number of esters is 2. The third kappa shape index (κ3) is 28.1. The highest BCUT2D eigenvalue weighted by Gasteiger charge is 2.31. The van der Waals surface area contributed by atoms with Crippen molar-refractivity contribution in [2.45, 2.75) is 161 Å². The zero-order chi connectivity index (χ0) is 34.3. The normalized spacial score (nSPS) is 13.3. The van der Waals surface area contributed by atoms with E-state index < -0.39 is 18.1 Å². The Morgan fingerprint density at radius 3 is 1.65 bits per heavy atom. The lowest BCUT2D eigenvalue weighted by Gasteiger charge is -2.31. The van der Waals surface area contributed by atoms with E-state index >= 15 is 0 Å². The predicted octanol–water partition coefficient (Wildman–Crippen LogP) is 8.96. The number of allylic oxidation sites excluding steroid dienone is 4. The van der Waals surface area contributed by atoms with E-state index in [1.165, 1.54) is 64.2 Å². The maximum absolute atomic E-state index is 12.6. The molecule has 0 radical (unpaired) electrons. The Bertz CT molecular complexity index is 818. The van der Waals surface area contributed by atoms with Crippen LogP contribution >= 0.6 is 0 Å². The monoisotopic (exact) mass is 653 g/mol. The van der Waals surface area contributed by atoms with Crippen molar-refractivity contribution in [3.05, 3.63) is 24.3 Å². The van der Waals surface area contributed by atoms with Crippen molar-refractivity contribution in [2.75, 3.05) is 41.0 Å². The van der Waals surface area contributed by atoms with Crippen LogP contribution in [0.1, 0.15) is 149 Å². The number of ether oxygens (including phenoxy) is 3. The first kappa shape index (κ1) is 43.8. The highest BCUT2D eigenvalue weighted by molar-refractivity contribution is 5.72. The fourth-order valence-corrected chi connectivity index (χ4v) is 5.15. The molecule has 0 bridgehead atoms. The van der Waals surface area contributed by atoms with Crippen LogP contribution in [0.15, 0.2) is 24.3 Å². The van der Waals surface area contributed by atoms with E-state index in [2.05, 4.69) is 38.2 Å². The fraction of sp³-hybridized carbons (Fsp3) is 0.816. The topological polar surface area (TPSA) is 99.1 Å². The SMILES string of the molecule is CCCCCC/C=C/CCCC(=O)OCC(COCCC(C(=O)O)[N+](C)(C)C)OC(=O)CCCCC/C=C/CCCCCCCC. The molecule has 8 nitrogen and oxygen atoms in total. The van der Waals surface area contributed by atoms with Crippen molar-refractivity contribution >= 4 is 17.9 Å². The van der Waals surface area contributed by atoms with E-state index in [4.69, 9.17) is 14.2 Å². The molecule has 0 aromatic carbocycles. The zero-order valence-corrected chi connectivity index (χ0v) is 30.3. The zero-order valence-electron chi connectivity index (χ0n) is 30.3. The summed E-state index contributed by atoms with van der Waals surface area (Å²) in [6, 6.07) is -0.616. The smallest absolute Gasteiger partial charge is 0.362 e. The number of quaternary nitrogens is 1. The molecule has 0 heterocycles. The minimum atomic E-state index is -0.882. The standard InChI is InChI=1S/C38H69NO7/c1-6-8-10-12-14-16-17-18-19-21-23-25-27-29-37(41)46-34(32-44-31-30-35(38(42)43)39(3,4)5)33-45-36(40)28-26-24-22-20-15-13-11-9-7-2/h18-20,22,34-35H,6-17,21,23-33H2,1-5H3/p+1/b19-18+,22-20+. The number of hydrogen-bond donors (Lipinski definition) is 1. The minimum Gasteiger partial charge on any atom is -0.477 e. The lowest BCUT2D eigenvalue weighted by Crippen LogP contribution is -2.50. The Morgan fingerprint density at radius 2 is 1.11 bits per heavy atom. The molecule has 268 valence electrons. The molecule has 0 saturated heterocycles. The van der Waals surface area contributed by atoms with E-state index in [1.807, 2.05) is 21.1 Å². The molecule has 0 aromatic rings. The third-order valence-corrected chi connectivity index (χ3v) is 8.07. The third-order valence-electron chi connectivity index (χ3n) is 8.07. The lowest BCUT2D eigenvalue weighted by atomic mass is 10.1. The van der Waals surface area contributed by atoms with Crippen molar-refractivity contribution < 1.29 is 38.2 Å². The summed E-state index contributed by atoms with van der Waals surface area (Å²) in [7, 11) is 5.50. The average Bonchev–Trinajstić information content (AvgIpc) is 3.00. The van der Waals surface area contributed by atoms with Gasteiger partial charge in [0.2, 0.25) is 0 Å². The summed E-state index contributed by atoms with van der Waals surface area (Å²) in [6.45, 7) is 4.63. The maximum Gasteiger partial charge on any atom is 0.362 e. The number of nitrogens with zero attached hydrogens (tertiary/aromatic N) is 1. The summed E-state index contributed by atoms with van der Waals surface area (Å²) in [5, 5.41) is 9.56. The second kappa shape index (κ2) is 30.2. The first-order valence-corrected chi connectivity index (χ1v) is 18.4. The van der Waals surface area contributed by atoms with Crippen LogP contribution in [-0.2, 0) is 28.6 Å². The van der Waals surface area contributed by atoms with Gasteiger partial charge in [-0.3, -0.25) is 9.59 Å². The Morgan fingerprint density at radius 1 is 0.630 bits per heavy atom. The molecule has 0 aromatic heterocycles. The van der Waals surface area contributed by atoms with E-state index in [-0.39, 0.29) is 36.2 Å². The van der Waals surface area contributed by atoms with Crippen molar-refractivity contribution in [1.29, 1.82) is 0 Å². The number of likely N-dealkylation sites (N-methyl/N-ethyl adjacent to an activating group) is 1. The van der Waals surface area contributed by atoms with Gasteiger partial charge in [-0.15, -0.1) is 0 Å². The second-order valence-corrected chi connectivity index (χ2v) is 13.5. The van der Waals surface area contributed by atoms with Gasteiger partial charge >= 0.3 is 17.9 Å². The number of carboxylic acids is 1. The second-order valence-electron chi connectivity index (χ2n) is 13.5. The van der Waals surface area contributed by atoms with Crippen LogP contribution in [0.5, 0.6) is 0 Å². The quantitative estimate of drug-likeness (QED) is 0.0335. The summed E-state index contributed by atoms with van der Waals surface area (Å²) in [5.41, 5.74) is 0. The minimum absolute atomic E-state index is 0.0483. The average molecular weight is 653 g/mol. The highest BCUT2D eigenvalue weighted by atomic mass is 16.6. The van der Waals surface area contributed by atoms with Gasteiger partial charge in [-0.2, -0.15) is 0 Å².